The summed E-state index contributed by atoms with van der Waals surface area (Å²) in [5.41, 5.74) is 0. The number of fused-ring (bicyclic) bond motifs is 3. The van der Waals surface area contributed by atoms with Gasteiger partial charge in [-0.05, 0) is 12.8 Å². The van der Waals surface area contributed by atoms with Gasteiger partial charge < -0.3 is 5.32 Å². The van der Waals surface area contributed by atoms with Gasteiger partial charge in [0.2, 0.25) is 5.91 Å². The minimum absolute atomic E-state index is 0.200. The lowest BCUT2D eigenvalue weighted by atomic mass is 10.0. The fraction of sp³-hybridized carbons (Fsp3) is 0.923. The molecule has 0 saturated carbocycles. The van der Waals surface area contributed by atoms with Crippen molar-refractivity contribution >= 4 is 5.91 Å². The number of carbonyl (C=O) groups excluding carboxylic acids is 1. The Kier molecular flexibility index (Phi) is 4.40. The first-order chi connectivity index (χ1) is 8.24. The Morgan fingerprint density at radius 3 is 2.35 bits per heavy atom. The number of rotatable bonds is 5. The molecule has 4 nitrogen and oxygen atoms in total. The van der Waals surface area contributed by atoms with Gasteiger partial charge in [-0.1, -0.05) is 13.8 Å². The molecule has 0 aromatic heterocycles. The molecule has 3 heterocycles. The van der Waals surface area contributed by atoms with Gasteiger partial charge in [0, 0.05) is 51.2 Å². The van der Waals surface area contributed by atoms with E-state index in [1.54, 1.807) is 0 Å². The second-order valence-electron chi connectivity index (χ2n) is 5.25. The third-order valence-electron chi connectivity index (χ3n) is 4.26. The standard InChI is InChI=1S/C13H25N3O/c1-3-11(4-2)13(17)14-9-12-10-15-5-7-16(12)8-6-15/h11-12H,3-10H2,1-2H3,(H,14,17). The lowest BCUT2D eigenvalue weighted by Crippen LogP contribution is -2.63. The maximum absolute atomic E-state index is 11.9. The zero-order valence-corrected chi connectivity index (χ0v) is 11.1. The molecule has 98 valence electrons. The van der Waals surface area contributed by atoms with E-state index >= 15 is 0 Å². The number of piperazine rings is 3. The van der Waals surface area contributed by atoms with Crippen LogP contribution < -0.4 is 5.32 Å². The summed E-state index contributed by atoms with van der Waals surface area (Å²) >= 11 is 0. The monoisotopic (exact) mass is 239 g/mol. The molecule has 3 rings (SSSR count). The molecule has 4 heteroatoms. The zero-order valence-electron chi connectivity index (χ0n) is 11.1. The van der Waals surface area contributed by atoms with Crippen LogP contribution in [0.15, 0.2) is 0 Å². The van der Waals surface area contributed by atoms with Gasteiger partial charge in [0.1, 0.15) is 0 Å². The van der Waals surface area contributed by atoms with Crippen LogP contribution in [0.25, 0.3) is 0 Å². The van der Waals surface area contributed by atoms with Crippen LogP contribution in [0.1, 0.15) is 26.7 Å². The van der Waals surface area contributed by atoms with Crippen LogP contribution in [0.5, 0.6) is 0 Å². The molecule has 3 fully saturated rings. The molecule has 3 aliphatic rings. The molecule has 0 aliphatic carbocycles. The maximum Gasteiger partial charge on any atom is 0.223 e. The van der Waals surface area contributed by atoms with Gasteiger partial charge in [-0.2, -0.15) is 0 Å². The molecule has 1 N–H and O–H groups in total. The molecular weight excluding hydrogens is 214 g/mol. The first-order valence-corrected chi connectivity index (χ1v) is 6.98. The van der Waals surface area contributed by atoms with Gasteiger partial charge >= 0.3 is 0 Å². The highest BCUT2D eigenvalue weighted by molar-refractivity contribution is 5.78. The van der Waals surface area contributed by atoms with E-state index in [0.29, 0.717) is 6.04 Å². The summed E-state index contributed by atoms with van der Waals surface area (Å²) in [6.45, 7) is 10.9. The predicted molar refractivity (Wildman–Crippen MR) is 68.9 cm³/mol. The Labute approximate surface area is 104 Å². The Bertz CT molecular complexity index is 257. The summed E-state index contributed by atoms with van der Waals surface area (Å²) in [5.74, 6) is 0.443. The highest BCUT2D eigenvalue weighted by Crippen LogP contribution is 2.15. The van der Waals surface area contributed by atoms with Crippen LogP contribution in [0.2, 0.25) is 0 Å². The molecule has 3 saturated heterocycles. The molecule has 1 unspecified atom stereocenters. The molecule has 0 aromatic rings. The number of hydrogen-bond donors (Lipinski definition) is 1. The van der Waals surface area contributed by atoms with Crippen molar-refractivity contribution in [1.29, 1.82) is 0 Å². The van der Waals surface area contributed by atoms with Gasteiger partial charge in [-0.25, -0.2) is 0 Å². The van der Waals surface area contributed by atoms with Gasteiger partial charge in [-0.15, -0.1) is 0 Å². The van der Waals surface area contributed by atoms with Crippen LogP contribution in [0, 0.1) is 5.92 Å². The van der Waals surface area contributed by atoms with Crippen molar-refractivity contribution in [2.45, 2.75) is 32.7 Å². The SMILES string of the molecule is CCC(CC)C(=O)NCC1CN2CCN1CC2. The van der Waals surface area contributed by atoms with E-state index in [1.807, 2.05) is 0 Å². The second kappa shape index (κ2) is 5.83. The van der Waals surface area contributed by atoms with Crippen LogP contribution in [0.3, 0.4) is 0 Å². The van der Waals surface area contributed by atoms with Crippen LogP contribution in [-0.2, 0) is 4.79 Å². The molecule has 17 heavy (non-hydrogen) atoms. The number of nitrogens with one attached hydrogen (secondary N) is 1. The first kappa shape index (κ1) is 12.8. The van der Waals surface area contributed by atoms with E-state index in [4.69, 9.17) is 0 Å². The average Bonchev–Trinajstić information content (AvgIpc) is 2.39. The minimum Gasteiger partial charge on any atom is -0.354 e. The van der Waals surface area contributed by atoms with E-state index in [-0.39, 0.29) is 11.8 Å². The van der Waals surface area contributed by atoms with Gasteiger partial charge in [-0.3, -0.25) is 14.6 Å². The van der Waals surface area contributed by atoms with Crippen LogP contribution >= 0.6 is 0 Å². The molecule has 1 amide bonds. The van der Waals surface area contributed by atoms with Gasteiger partial charge in [0.25, 0.3) is 0 Å². The van der Waals surface area contributed by atoms with Crippen LogP contribution in [-0.4, -0.2) is 61.0 Å². The average molecular weight is 239 g/mol. The number of hydrogen-bond acceptors (Lipinski definition) is 3. The number of nitrogens with zero attached hydrogens (tertiary/aromatic N) is 2. The molecule has 0 aromatic carbocycles. The summed E-state index contributed by atoms with van der Waals surface area (Å²) in [5, 5.41) is 3.13. The number of amides is 1. The van der Waals surface area contributed by atoms with Crippen molar-refractivity contribution in [2.24, 2.45) is 5.92 Å². The van der Waals surface area contributed by atoms with E-state index in [1.165, 1.54) is 26.2 Å². The van der Waals surface area contributed by atoms with E-state index in [0.717, 1.165) is 25.9 Å². The molecule has 2 bridgehead atoms. The Hall–Kier alpha value is -0.610. The lowest BCUT2D eigenvalue weighted by Gasteiger charge is -2.47. The number of carbonyl (C=O) groups is 1. The fourth-order valence-corrected chi connectivity index (χ4v) is 2.94. The summed E-state index contributed by atoms with van der Waals surface area (Å²) in [7, 11) is 0. The molecular formula is C13H25N3O. The van der Waals surface area contributed by atoms with E-state index in [2.05, 4.69) is 29.0 Å². The quantitative estimate of drug-likeness (QED) is 0.760. The van der Waals surface area contributed by atoms with Crippen molar-refractivity contribution in [2.75, 3.05) is 39.3 Å². The van der Waals surface area contributed by atoms with E-state index < -0.39 is 0 Å². The molecule has 3 aliphatic heterocycles. The Morgan fingerprint density at radius 2 is 1.88 bits per heavy atom. The third-order valence-corrected chi connectivity index (χ3v) is 4.26. The second-order valence-corrected chi connectivity index (χ2v) is 5.25. The van der Waals surface area contributed by atoms with Crippen molar-refractivity contribution < 1.29 is 4.79 Å². The fourth-order valence-electron chi connectivity index (χ4n) is 2.94. The van der Waals surface area contributed by atoms with Crippen molar-refractivity contribution in [3.05, 3.63) is 0 Å². The highest BCUT2D eigenvalue weighted by atomic mass is 16.1. The Balaban J connectivity index is 1.76. The van der Waals surface area contributed by atoms with Crippen LogP contribution in [0.4, 0.5) is 0 Å². The summed E-state index contributed by atoms with van der Waals surface area (Å²) in [4.78, 5) is 16.9. The molecule has 0 radical (unpaired) electrons. The van der Waals surface area contributed by atoms with Crippen molar-refractivity contribution in [1.82, 2.24) is 15.1 Å². The summed E-state index contributed by atoms with van der Waals surface area (Å²) < 4.78 is 0. The van der Waals surface area contributed by atoms with E-state index in [9.17, 15) is 4.79 Å². The van der Waals surface area contributed by atoms with Gasteiger partial charge in [0.15, 0.2) is 0 Å². The van der Waals surface area contributed by atoms with Crippen molar-refractivity contribution in [3.63, 3.8) is 0 Å². The predicted octanol–water partition coefficient (Wildman–Crippen LogP) is 0.539. The summed E-state index contributed by atoms with van der Waals surface area (Å²) in [6.07, 6.45) is 1.89. The zero-order chi connectivity index (χ0) is 12.3. The maximum atomic E-state index is 11.9. The smallest absolute Gasteiger partial charge is 0.223 e. The Morgan fingerprint density at radius 1 is 1.24 bits per heavy atom. The van der Waals surface area contributed by atoms with Gasteiger partial charge in [0.05, 0.1) is 0 Å². The largest absolute Gasteiger partial charge is 0.354 e. The summed E-state index contributed by atoms with van der Waals surface area (Å²) in [6, 6.07) is 0.538. The normalized spacial score (nSPS) is 31.8. The third kappa shape index (κ3) is 2.99. The van der Waals surface area contributed by atoms with Crippen molar-refractivity contribution in [3.8, 4) is 0 Å². The minimum atomic E-state index is 0.200. The molecule has 1 atom stereocenters. The highest BCUT2D eigenvalue weighted by Gasteiger charge is 2.31. The first-order valence-electron chi connectivity index (χ1n) is 6.98. The molecule has 0 spiro atoms. The lowest BCUT2D eigenvalue weighted by molar-refractivity contribution is -0.125. The topological polar surface area (TPSA) is 35.6 Å².